The van der Waals surface area contributed by atoms with E-state index < -0.39 is 40.6 Å². The van der Waals surface area contributed by atoms with Crippen molar-refractivity contribution >= 4 is 12.1 Å². The Bertz CT molecular complexity index is 720. The number of aromatic nitrogens is 1. The predicted molar refractivity (Wildman–Crippen MR) is 65.5 cm³/mol. The Morgan fingerprint density at radius 2 is 1.45 bits per heavy atom. The van der Waals surface area contributed by atoms with Crippen LogP contribution in [-0.2, 0) is 0 Å². The molecule has 1 aromatic carbocycles. The van der Waals surface area contributed by atoms with Gasteiger partial charge in [-0.05, 0) is 12.1 Å². The molecule has 0 fully saturated rings. The van der Waals surface area contributed by atoms with Gasteiger partial charge in [0.1, 0.15) is 0 Å². The summed E-state index contributed by atoms with van der Waals surface area (Å²) in [4.78, 5) is 15.2. The number of pyridine rings is 1. The normalized spacial score (nSPS) is 11.0. The summed E-state index contributed by atoms with van der Waals surface area (Å²) in [6.45, 7) is 0. The molecule has 0 atom stereocenters. The number of benzene rings is 1. The molecule has 0 spiro atoms. The fourth-order valence-corrected chi connectivity index (χ4v) is 1.46. The Morgan fingerprint density at radius 3 is 2.00 bits per heavy atom. The molecule has 0 saturated carbocycles. The maximum atomic E-state index is 13.3. The van der Waals surface area contributed by atoms with Gasteiger partial charge in [-0.25, -0.2) is 27.4 Å². The molecule has 0 aliphatic heterocycles. The number of nitrogens with one attached hydrogen (secondary N) is 1. The van der Waals surface area contributed by atoms with Gasteiger partial charge in [0.25, 0.3) is 5.91 Å². The third-order valence-electron chi connectivity index (χ3n) is 2.55. The number of halogens is 5. The Hall–Kier alpha value is -2.84. The standard InChI is InChI=1S/C13H6F5N3O/c14-8-7(9(15)11(17)12(18)10(8)16)5-20-21-13(22)6-1-3-19-4-2-6/h1-5H,(H,21,22)/b20-5+. The van der Waals surface area contributed by atoms with Crippen molar-refractivity contribution in [3.8, 4) is 0 Å². The summed E-state index contributed by atoms with van der Waals surface area (Å²) >= 11 is 0. The zero-order chi connectivity index (χ0) is 16.3. The van der Waals surface area contributed by atoms with Crippen LogP contribution >= 0.6 is 0 Å². The number of hydrogen-bond acceptors (Lipinski definition) is 3. The molecule has 2 rings (SSSR count). The van der Waals surface area contributed by atoms with Gasteiger partial charge >= 0.3 is 0 Å². The van der Waals surface area contributed by atoms with E-state index in [1.807, 2.05) is 5.43 Å². The fourth-order valence-electron chi connectivity index (χ4n) is 1.46. The first-order chi connectivity index (χ1) is 10.4. The number of amides is 1. The summed E-state index contributed by atoms with van der Waals surface area (Å²) in [5.74, 6) is -11.3. The highest BCUT2D eigenvalue weighted by molar-refractivity contribution is 5.94. The molecule has 0 unspecified atom stereocenters. The van der Waals surface area contributed by atoms with Crippen molar-refractivity contribution < 1.29 is 26.7 Å². The number of hydrogen-bond donors (Lipinski definition) is 1. The van der Waals surface area contributed by atoms with E-state index in [2.05, 4.69) is 10.1 Å². The maximum Gasteiger partial charge on any atom is 0.271 e. The van der Waals surface area contributed by atoms with Crippen molar-refractivity contribution in [2.24, 2.45) is 5.10 Å². The highest BCUT2D eigenvalue weighted by Crippen LogP contribution is 2.21. The molecule has 0 saturated heterocycles. The lowest BCUT2D eigenvalue weighted by molar-refractivity contribution is 0.0955. The molecule has 1 heterocycles. The Balaban J connectivity index is 2.23. The van der Waals surface area contributed by atoms with E-state index in [0.29, 0.717) is 6.21 Å². The zero-order valence-electron chi connectivity index (χ0n) is 10.6. The van der Waals surface area contributed by atoms with Crippen LogP contribution in [0.3, 0.4) is 0 Å². The van der Waals surface area contributed by atoms with Gasteiger partial charge in [0.15, 0.2) is 23.3 Å². The van der Waals surface area contributed by atoms with Crippen LogP contribution in [0.25, 0.3) is 0 Å². The first-order valence-corrected chi connectivity index (χ1v) is 5.68. The molecule has 1 N–H and O–H groups in total. The monoisotopic (exact) mass is 315 g/mol. The average Bonchev–Trinajstić information content (AvgIpc) is 2.55. The summed E-state index contributed by atoms with van der Waals surface area (Å²) in [6.07, 6.45) is 2.97. The van der Waals surface area contributed by atoms with E-state index >= 15 is 0 Å². The minimum Gasteiger partial charge on any atom is -0.267 e. The third kappa shape index (κ3) is 2.92. The van der Waals surface area contributed by atoms with E-state index in [-0.39, 0.29) is 5.56 Å². The lowest BCUT2D eigenvalue weighted by Crippen LogP contribution is -2.18. The molecule has 0 aliphatic carbocycles. The Kier molecular flexibility index (Phi) is 4.44. The van der Waals surface area contributed by atoms with Crippen molar-refractivity contribution in [1.29, 1.82) is 0 Å². The molecule has 0 radical (unpaired) electrons. The second kappa shape index (κ2) is 6.29. The molecule has 114 valence electrons. The summed E-state index contributed by atoms with van der Waals surface area (Å²) in [5.41, 5.74) is 0.771. The largest absolute Gasteiger partial charge is 0.271 e. The number of nitrogens with zero attached hydrogens (tertiary/aromatic N) is 2. The van der Waals surface area contributed by atoms with Crippen LogP contribution < -0.4 is 5.43 Å². The van der Waals surface area contributed by atoms with Crippen LogP contribution in [0, 0.1) is 29.1 Å². The molecule has 1 amide bonds. The van der Waals surface area contributed by atoms with Crippen molar-refractivity contribution in [3.63, 3.8) is 0 Å². The summed E-state index contributed by atoms with van der Waals surface area (Å²) in [7, 11) is 0. The molecule has 0 bridgehead atoms. The lowest BCUT2D eigenvalue weighted by atomic mass is 10.2. The van der Waals surface area contributed by atoms with Crippen LogP contribution in [0.4, 0.5) is 22.0 Å². The first-order valence-electron chi connectivity index (χ1n) is 5.68. The topological polar surface area (TPSA) is 54.4 Å². The Morgan fingerprint density at radius 1 is 0.955 bits per heavy atom. The van der Waals surface area contributed by atoms with E-state index in [9.17, 15) is 26.7 Å². The number of hydrazone groups is 1. The van der Waals surface area contributed by atoms with Gasteiger partial charge in [0.05, 0.1) is 11.8 Å². The number of carbonyl (C=O) groups is 1. The molecule has 0 aliphatic rings. The highest BCUT2D eigenvalue weighted by Gasteiger charge is 2.24. The second-order valence-corrected chi connectivity index (χ2v) is 3.92. The molecular formula is C13H6F5N3O. The van der Waals surface area contributed by atoms with Crippen molar-refractivity contribution in [2.45, 2.75) is 0 Å². The van der Waals surface area contributed by atoms with Crippen molar-refractivity contribution in [2.75, 3.05) is 0 Å². The number of rotatable bonds is 3. The van der Waals surface area contributed by atoms with Crippen LogP contribution in [0.1, 0.15) is 15.9 Å². The molecule has 2 aromatic rings. The summed E-state index contributed by atoms with van der Waals surface area (Å²) < 4.78 is 65.3. The van der Waals surface area contributed by atoms with Gasteiger partial charge in [-0.2, -0.15) is 5.10 Å². The van der Waals surface area contributed by atoms with Gasteiger partial charge in [-0.3, -0.25) is 9.78 Å². The van der Waals surface area contributed by atoms with E-state index in [0.717, 1.165) is 0 Å². The smallest absolute Gasteiger partial charge is 0.267 e. The number of carbonyl (C=O) groups excluding carboxylic acids is 1. The van der Waals surface area contributed by atoms with Crippen LogP contribution in [0.15, 0.2) is 29.6 Å². The molecular weight excluding hydrogens is 309 g/mol. The average molecular weight is 315 g/mol. The predicted octanol–water partition coefficient (Wildman–Crippen LogP) is 2.54. The molecule has 22 heavy (non-hydrogen) atoms. The van der Waals surface area contributed by atoms with Gasteiger partial charge in [0, 0.05) is 18.0 Å². The highest BCUT2D eigenvalue weighted by atomic mass is 19.2. The van der Waals surface area contributed by atoms with E-state index in [1.54, 1.807) is 0 Å². The molecule has 4 nitrogen and oxygen atoms in total. The quantitative estimate of drug-likeness (QED) is 0.311. The first kappa shape index (κ1) is 15.5. The van der Waals surface area contributed by atoms with Crippen molar-refractivity contribution in [1.82, 2.24) is 10.4 Å². The van der Waals surface area contributed by atoms with E-state index in [4.69, 9.17) is 0 Å². The van der Waals surface area contributed by atoms with Crippen molar-refractivity contribution in [3.05, 3.63) is 64.7 Å². The third-order valence-corrected chi connectivity index (χ3v) is 2.55. The minimum absolute atomic E-state index is 0.143. The SMILES string of the molecule is O=C(N/N=C/c1c(F)c(F)c(F)c(F)c1F)c1ccncc1. The second-order valence-electron chi connectivity index (χ2n) is 3.92. The fraction of sp³-hybridized carbons (Fsp3) is 0. The van der Waals surface area contributed by atoms with Crippen LogP contribution in [0.5, 0.6) is 0 Å². The zero-order valence-corrected chi connectivity index (χ0v) is 10.6. The van der Waals surface area contributed by atoms with Gasteiger partial charge in [-0.15, -0.1) is 0 Å². The Labute approximate surface area is 120 Å². The van der Waals surface area contributed by atoms with Crippen LogP contribution in [0.2, 0.25) is 0 Å². The van der Waals surface area contributed by atoms with Gasteiger partial charge in [-0.1, -0.05) is 0 Å². The maximum absolute atomic E-state index is 13.3. The lowest BCUT2D eigenvalue weighted by Gasteiger charge is -2.04. The van der Waals surface area contributed by atoms with E-state index in [1.165, 1.54) is 24.5 Å². The molecule has 9 heteroatoms. The summed E-state index contributed by atoms with van der Waals surface area (Å²) in [5, 5.41) is 3.17. The molecule has 1 aromatic heterocycles. The minimum atomic E-state index is -2.27. The van der Waals surface area contributed by atoms with Gasteiger partial charge in [0.2, 0.25) is 5.82 Å². The van der Waals surface area contributed by atoms with Crippen LogP contribution in [-0.4, -0.2) is 17.1 Å². The van der Waals surface area contributed by atoms with Gasteiger partial charge < -0.3 is 0 Å². The summed E-state index contributed by atoms with van der Waals surface area (Å²) in [6, 6.07) is 2.67.